The summed E-state index contributed by atoms with van der Waals surface area (Å²) in [7, 11) is 6.29. The van der Waals surface area contributed by atoms with Gasteiger partial charge in [0, 0.05) is 18.1 Å². The Labute approximate surface area is 174 Å². The third-order valence-electron chi connectivity index (χ3n) is 4.53. The molecule has 3 aromatic rings. The highest BCUT2D eigenvalue weighted by Gasteiger charge is 2.13. The molecular formula is C22H24N2O6. The van der Waals surface area contributed by atoms with Gasteiger partial charge in [0.2, 0.25) is 5.91 Å². The highest BCUT2D eigenvalue weighted by Crippen LogP contribution is 2.33. The largest absolute Gasteiger partial charge is 0.493 e. The van der Waals surface area contributed by atoms with Gasteiger partial charge in [-0.2, -0.15) is 0 Å². The molecule has 158 valence electrons. The monoisotopic (exact) mass is 412 g/mol. The van der Waals surface area contributed by atoms with E-state index < -0.39 is 0 Å². The van der Waals surface area contributed by atoms with Gasteiger partial charge in [0.1, 0.15) is 0 Å². The van der Waals surface area contributed by atoms with E-state index in [4.69, 9.17) is 23.5 Å². The molecule has 3 rings (SSSR count). The number of nitrogens with one attached hydrogen (secondary N) is 1. The van der Waals surface area contributed by atoms with Crippen molar-refractivity contribution in [3.8, 4) is 34.3 Å². The van der Waals surface area contributed by atoms with Gasteiger partial charge in [-0.3, -0.25) is 4.79 Å². The van der Waals surface area contributed by atoms with Crippen molar-refractivity contribution in [2.45, 2.75) is 12.8 Å². The van der Waals surface area contributed by atoms with Crippen LogP contribution >= 0.6 is 0 Å². The summed E-state index contributed by atoms with van der Waals surface area (Å²) >= 11 is 0. The Kier molecular flexibility index (Phi) is 6.79. The second-order valence-electron chi connectivity index (χ2n) is 6.38. The second-order valence-corrected chi connectivity index (χ2v) is 6.38. The number of nitrogens with zero attached hydrogens (tertiary/aromatic N) is 1. The van der Waals surface area contributed by atoms with Gasteiger partial charge in [-0.25, -0.2) is 0 Å². The fraction of sp³-hybridized carbons (Fsp3) is 0.273. The molecule has 0 radical (unpaired) electrons. The number of anilines is 1. The van der Waals surface area contributed by atoms with Crippen molar-refractivity contribution in [3.63, 3.8) is 0 Å². The molecule has 1 aromatic heterocycles. The maximum absolute atomic E-state index is 12.3. The summed E-state index contributed by atoms with van der Waals surface area (Å²) in [5.41, 5.74) is 1.72. The van der Waals surface area contributed by atoms with Gasteiger partial charge in [-0.1, -0.05) is 11.2 Å². The quantitative estimate of drug-likeness (QED) is 0.569. The summed E-state index contributed by atoms with van der Waals surface area (Å²) in [4.78, 5) is 12.3. The van der Waals surface area contributed by atoms with E-state index in [0.29, 0.717) is 41.0 Å². The maximum Gasteiger partial charge on any atom is 0.225 e. The number of carbonyl (C=O) groups is 1. The fourth-order valence-electron chi connectivity index (χ4n) is 2.96. The zero-order valence-electron chi connectivity index (χ0n) is 17.4. The average molecular weight is 412 g/mol. The number of aromatic nitrogens is 1. The molecule has 0 saturated carbocycles. The van der Waals surface area contributed by atoms with Crippen molar-refractivity contribution >= 4 is 11.7 Å². The van der Waals surface area contributed by atoms with Crippen LogP contribution in [0.2, 0.25) is 0 Å². The van der Waals surface area contributed by atoms with E-state index >= 15 is 0 Å². The van der Waals surface area contributed by atoms with Crippen molar-refractivity contribution < 1.29 is 28.3 Å². The lowest BCUT2D eigenvalue weighted by molar-refractivity contribution is -0.116. The predicted molar refractivity (Wildman–Crippen MR) is 112 cm³/mol. The molecule has 0 fully saturated rings. The van der Waals surface area contributed by atoms with E-state index in [1.807, 2.05) is 24.3 Å². The van der Waals surface area contributed by atoms with Crippen molar-refractivity contribution in [2.24, 2.45) is 0 Å². The Balaban J connectivity index is 1.61. The van der Waals surface area contributed by atoms with Crippen LogP contribution in [-0.4, -0.2) is 39.5 Å². The van der Waals surface area contributed by atoms with Crippen LogP contribution in [0.3, 0.4) is 0 Å². The number of hydrogen-bond donors (Lipinski definition) is 1. The number of amides is 1. The Morgan fingerprint density at radius 2 is 1.50 bits per heavy atom. The summed E-state index contributed by atoms with van der Waals surface area (Å²) in [5.74, 6) is 3.15. The molecule has 2 aromatic carbocycles. The van der Waals surface area contributed by atoms with E-state index in [-0.39, 0.29) is 12.3 Å². The molecule has 0 spiro atoms. The van der Waals surface area contributed by atoms with Crippen LogP contribution in [-0.2, 0) is 11.2 Å². The van der Waals surface area contributed by atoms with Gasteiger partial charge in [0.25, 0.3) is 0 Å². The number of benzene rings is 2. The Morgan fingerprint density at radius 3 is 2.17 bits per heavy atom. The molecule has 0 unspecified atom stereocenters. The standard InChI is InChI=1S/C22H24N2O6/c1-26-16-8-5-14(11-19(16)28-3)6-10-22(25)23-21-13-18(30-24-21)15-7-9-17(27-2)20(12-15)29-4/h5,7-9,11-13H,6,10H2,1-4H3,(H,23,24,25). The summed E-state index contributed by atoms with van der Waals surface area (Å²) in [6.07, 6.45) is 0.834. The van der Waals surface area contributed by atoms with E-state index in [1.165, 1.54) is 0 Å². The van der Waals surface area contributed by atoms with Crippen LogP contribution in [0.5, 0.6) is 23.0 Å². The molecule has 8 nitrogen and oxygen atoms in total. The summed E-state index contributed by atoms with van der Waals surface area (Å²) < 4.78 is 26.4. The Bertz CT molecular complexity index is 1010. The van der Waals surface area contributed by atoms with Gasteiger partial charge < -0.3 is 28.8 Å². The summed E-state index contributed by atoms with van der Waals surface area (Å²) in [6, 6.07) is 12.6. The highest BCUT2D eigenvalue weighted by atomic mass is 16.5. The molecule has 1 amide bonds. The summed E-state index contributed by atoms with van der Waals surface area (Å²) in [6.45, 7) is 0. The van der Waals surface area contributed by atoms with E-state index in [0.717, 1.165) is 11.1 Å². The first-order chi connectivity index (χ1) is 14.6. The van der Waals surface area contributed by atoms with Crippen LogP contribution in [0.25, 0.3) is 11.3 Å². The Hall–Kier alpha value is -3.68. The van der Waals surface area contributed by atoms with Crippen LogP contribution in [0.4, 0.5) is 5.82 Å². The molecule has 0 atom stereocenters. The van der Waals surface area contributed by atoms with Crippen LogP contribution in [0.1, 0.15) is 12.0 Å². The third-order valence-corrected chi connectivity index (χ3v) is 4.53. The molecule has 8 heteroatoms. The second kappa shape index (κ2) is 9.69. The lowest BCUT2D eigenvalue weighted by Crippen LogP contribution is -2.12. The smallest absolute Gasteiger partial charge is 0.225 e. The first-order valence-electron chi connectivity index (χ1n) is 9.27. The summed E-state index contributed by atoms with van der Waals surface area (Å²) in [5, 5.41) is 6.67. The predicted octanol–water partition coefficient (Wildman–Crippen LogP) is 3.95. The minimum absolute atomic E-state index is 0.169. The van der Waals surface area contributed by atoms with E-state index in [2.05, 4.69) is 10.5 Å². The maximum atomic E-state index is 12.3. The number of methoxy groups -OCH3 is 4. The number of aryl methyl sites for hydroxylation is 1. The molecular weight excluding hydrogens is 388 g/mol. The molecule has 0 aliphatic carbocycles. The first-order valence-corrected chi connectivity index (χ1v) is 9.27. The molecule has 30 heavy (non-hydrogen) atoms. The van der Waals surface area contributed by atoms with Crippen LogP contribution < -0.4 is 24.3 Å². The van der Waals surface area contributed by atoms with Gasteiger partial charge in [-0.15, -0.1) is 0 Å². The number of carbonyl (C=O) groups excluding carboxylic acids is 1. The number of rotatable bonds is 9. The molecule has 0 aliphatic heterocycles. The van der Waals surface area contributed by atoms with Crippen LogP contribution in [0, 0.1) is 0 Å². The average Bonchev–Trinajstić information content (AvgIpc) is 3.25. The van der Waals surface area contributed by atoms with Crippen LogP contribution in [0.15, 0.2) is 47.0 Å². The van der Waals surface area contributed by atoms with Gasteiger partial charge in [-0.05, 0) is 42.3 Å². The SMILES string of the molecule is COc1ccc(CCC(=O)Nc2cc(-c3ccc(OC)c(OC)c3)on2)cc1OC. The van der Waals surface area contributed by atoms with Gasteiger partial charge in [0.05, 0.1) is 28.4 Å². The minimum atomic E-state index is -0.169. The molecule has 0 saturated heterocycles. The van der Waals surface area contributed by atoms with Crippen molar-refractivity contribution in [3.05, 3.63) is 48.0 Å². The normalized spacial score (nSPS) is 10.4. The van der Waals surface area contributed by atoms with E-state index in [1.54, 1.807) is 46.6 Å². The number of hydrogen-bond acceptors (Lipinski definition) is 7. The third kappa shape index (κ3) is 4.83. The fourth-order valence-corrected chi connectivity index (χ4v) is 2.96. The first kappa shape index (κ1) is 21.0. The molecule has 0 aliphatic rings. The molecule has 1 heterocycles. The van der Waals surface area contributed by atoms with Crippen molar-refractivity contribution in [1.82, 2.24) is 5.16 Å². The Morgan fingerprint density at radius 1 is 0.867 bits per heavy atom. The number of ether oxygens (including phenoxy) is 4. The zero-order valence-corrected chi connectivity index (χ0v) is 17.4. The highest BCUT2D eigenvalue weighted by molar-refractivity contribution is 5.90. The topological polar surface area (TPSA) is 92.1 Å². The zero-order chi connectivity index (χ0) is 21.5. The van der Waals surface area contributed by atoms with Crippen molar-refractivity contribution in [2.75, 3.05) is 33.8 Å². The van der Waals surface area contributed by atoms with Gasteiger partial charge in [0.15, 0.2) is 34.6 Å². The molecule has 1 N–H and O–H groups in total. The van der Waals surface area contributed by atoms with Gasteiger partial charge >= 0.3 is 0 Å². The lowest BCUT2D eigenvalue weighted by Gasteiger charge is -2.09. The van der Waals surface area contributed by atoms with Crippen molar-refractivity contribution in [1.29, 1.82) is 0 Å². The molecule has 0 bridgehead atoms. The van der Waals surface area contributed by atoms with E-state index in [9.17, 15) is 4.79 Å². The minimum Gasteiger partial charge on any atom is -0.493 e. The lowest BCUT2D eigenvalue weighted by atomic mass is 10.1.